The van der Waals surface area contributed by atoms with Gasteiger partial charge in [-0.15, -0.1) is 5.92 Å². The van der Waals surface area contributed by atoms with Crippen LogP contribution in [0.5, 0.6) is 5.75 Å². The summed E-state index contributed by atoms with van der Waals surface area (Å²) in [5.41, 5.74) is 3.12. The first-order valence-corrected chi connectivity index (χ1v) is 8.14. The van der Waals surface area contributed by atoms with Crippen molar-refractivity contribution < 1.29 is 4.74 Å². The molecule has 0 bridgehead atoms. The molecule has 1 heterocycles. The van der Waals surface area contributed by atoms with Gasteiger partial charge in [-0.3, -0.25) is 4.79 Å². The van der Waals surface area contributed by atoms with Gasteiger partial charge in [0.05, 0.1) is 5.56 Å². The molecule has 0 fully saturated rings. The molecule has 4 nitrogen and oxygen atoms in total. The van der Waals surface area contributed by atoms with Crippen LogP contribution < -0.4 is 10.3 Å². The summed E-state index contributed by atoms with van der Waals surface area (Å²) in [4.78, 5) is 12.8. The summed E-state index contributed by atoms with van der Waals surface area (Å²) in [7, 11) is 1.68. The SMILES string of the molecule is CC#CCOc1c(CC(C)C)nn(C)c(=O)c1-c1ccccc1C. The Morgan fingerprint density at radius 2 is 2.00 bits per heavy atom. The van der Waals surface area contributed by atoms with Gasteiger partial charge < -0.3 is 4.74 Å². The molecule has 4 heteroatoms. The zero-order chi connectivity index (χ0) is 17.7. The molecule has 0 saturated carbocycles. The quantitative estimate of drug-likeness (QED) is 0.792. The van der Waals surface area contributed by atoms with Gasteiger partial charge in [-0.2, -0.15) is 5.10 Å². The van der Waals surface area contributed by atoms with Gasteiger partial charge in [0.25, 0.3) is 5.56 Å². The fraction of sp³-hybridized carbons (Fsp3) is 0.400. The lowest BCUT2D eigenvalue weighted by molar-refractivity contribution is 0.358. The van der Waals surface area contributed by atoms with Crippen molar-refractivity contribution >= 4 is 0 Å². The molecule has 0 unspecified atom stereocenters. The molecular weight excluding hydrogens is 300 g/mol. The van der Waals surface area contributed by atoms with E-state index in [2.05, 4.69) is 30.8 Å². The van der Waals surface area contributed by atoms with Gasteiger partial charge in [0, 0.05) is 7.05 Å². The van der Waals surface area contributed by atoms with Crippen LogP contribution in [-0.2, 0) is 13.5 Å². The number of aromatic nitrogens is 2. The summed E-state index contributed by atoms with van der Waals surface area (Å²) >= 11 is 0. The fourth-order valence-corrected chi connectivity index (χ4v) is 2.62. The van der Waals surface area contributed by atoms with Crippen molar-refractivity contribution in [1.82, 2.24) is 9.78 Å². The molecule has 1 aromatic heterocycles. The van der Waals surface area contributed by atoms with E-state index < -0.39 is 0 Å². The van der Waals surface area contributed by atoms with E-state index in [9.17, 15) is 4.79 Å². The van der Waals surface area contributed by atoms with Gasteiger partial charge in [0.2, 0.25) is 0 Å². The summed E-state index contributed by atoms with van der Waals surface area (Å²) in [6, 6.07) is 7.83. The number of ether oxygens (including phenoxy) is 1. The number of rotatable bonds is 5. The van der Waals surface area contributed by atoms with Crippen LogP contribution in [-0.4, -0.2) is 16.4 Å². The van der Waals surface area contributed by atoms with Crippen LogP contribution in [0.2, 0.25) is 0 Å². The highest BCUT2D eigenvalue weighted by atomic mass is 16.5. The molecule has 1 aromatic carbocycles. The Kier molecular flexibility index (Phi) is 5.81. The minimum absolute atomic E-state index is 0.156. The van der Waals surface area contributed by atoms with Crippen molar-refractivity contribution in [1.29, 1.82) is 0 Å². The predicted molar refractivity (Wildman–Crippen MR) is 97.1 cm³/mol. The van der Waals surface area contributed by atoms with E-state index in [1.165, 1.54) is 4.68 Å². The zero-order valence-corrected chi connectivity index (χ0v) is 15.0. The summed E-state index contributed by atoms with van der Waals surface area (Å²) in [6.45, 7) is 8.25. The lowest BCUT2D eigenvalue weighted by Gasteiger charge is -2.17. The number of hydrogen-bond acceptors (Lipinski definition) is 3. The van der Waals surface area contributed by atoms with Gasteiger partial charge in [-0.1, -0.05) is 44.0 Å². The van der Waals surface area contributed by atoms with E-state index in [0.717, 1.165) is 23.2 Å². The van der Waals surface area contributed by atoms with Crippen LogP contribution in [0.3, 0.4) is 0 Å². The summed E-state index contributed by atoms with van der Waals surface area (Å²) in [5.74, 6) is 6.67. The molecule has 0 aliphatic rings. The smallest absolute Gasteiger partial charge is 0.278 e. The first kappa shape index (κ1) is 17.8. The predicted octanol–water partition coefficient (Wildman–Crippen LogP) is 3.36. The first-order valence-electron chi connectivity index (χ1n) is 8.14. The average molecular weight is 324 g/mol. The lowest BCUT2D eigenvalue weighted by Crippen LogP contribution is -2.25. The summed E-state index contributed by atoms with van der Waals surface area (Å²) in [5, 5.41) is 4.44. The molecule has 2 rings (SSSR count). The Morgan fingerprint density at radius 1 is 1.29 bits per heavy atom. The minimum atomic E-state index is -0.156. The average Bonchev–Trinajstić information content (AvgIpc) is 2.53. The highest BCUT2D eigenvalue weighted by Crippen LogP contribution is 2.32. The minimum Gasteiger partial charge on any atom is -0.478 e. The van der Waals surface area contributed by atoms with E-state index >= 15 is 0 Å². The van der Waals surface area contributed by atoms with E-state index in [1.54, 1.807) is 14.0 Å². The molecule has 24 heavy (non-hydrogen) atoms. The largest absolute Gasteiger partial charge is 0.478 e. The van der Waals surface area contributed by atoms with Crippen LogP contribution in [0.15, 0.2) is 29.1 Å². The molecule has 126 valence electrons. The van der Waals surface area contributed by atoms with Gasteiger partial charge in [0.15, 0.2) is 5.75 Å². The normalized spacial score (nSPS) is 10.4. The molecule has 2 aromatic rings. The summed E-state index contributed by atoms with van der Waals surface area (Å²) < 4.78 is 7.31. The van der Waals surface area contributed by atoms with Crippen molar-refractivity contribution in [3.63, 3.8) is 0 Å². The van der Waals surface area contributed by atoms with Crippen molar-refractivity contribution in [2.24, 2.45) is 13.0 Å². The van der Waals surface area contributed by atoms with Gasteiger partial charge in [-0.25, -0.2) is 4.68 Å². The lowest BCUT2D eigenvalue weighted by atomic mass is 9.98. The Bertz CT molecular complexity index is 839. The Hall–Kier alpha value is -2.54. The van der Waals surface area contributed by atoms with Crippen LogP contribution in [0.4, 0.5) is 0 Å². The third-order valence-electron chi connectivity index (χ3n) is 3.75. The maximum atomic E-state index is 12.8. The van der Waals surface area contributed by atoms with Crippen molar-refractivity contribution in [3.8, 4) is 28.7 Å². The van der Waals surface area contributed by atoms with E-state index in [4.69, 9.17) is 4.74 Å². The topological polar surface area (TPSA) is 44.1 Å². The zero-order valence-electron chi connectivity index (χ0n) is 15.0. The van der Waals surface area contributed by atoms with E-state index in [-0.39, 0.29) is 12.2 Å². The first-order chi connectivity index (χ1) is 11.5. The molecule has 0 aliphatic carbocycles. The van der Waals surface area contributed by atoms with Gasteiger partial charge >= 0.3 is 0 Å². The molecular formula is C20H24N2O2. The number of hydrogen-bond donors (Lipinski definition) is 0. The van der Waals surface area contributed by atoms with Crippen LogP contribution in [0.1, 0.15) is 32.0 Å². The van der Waals surface area contributed by atoms with E-state index in [1.807, 2.05) is 31.2 Å². The highest BCUT2D eigenvalue weighted by Gasteiger charge is 2.21. The molecule has 0 N–H and O–H groups in total. The van der Waals surface area contributed by atoms with E-state index in [0.29, 0.717) is 17.2 Å². The van der Waals surface area contributed by atoms with Crippen LogP contribution in [0, 0.1) is 24.7 Å². The standard InChI is InChI=1S/C20H24N2O2/c1-6-7-12-24-19-17(13-14(2)3)21-22(5)20(23)18(19)16-11-9-8-10-15(16)4/h8-11,14H,12-13H2,1-5H3. The summed E-state index contributed by atoms with van der Waals surface area (Å²) in [6.07, 6.45) is 0.738. The fourth-order valence-electron chi connectivity index (χ4n) is 2.62. The number of benzene rings is 1. The molecule has 0 saturated heterocycles. The van der Waals surface area contributed by atoms with Crippen molar-refractivity contribution in [2.45, 2.75) is 34.1 Å². The molecule has 0 amide bonds. The maximum Gasteiger partial charge on any atom is 0.278 e. The van der Waals surface area contributed by atoms with Gasteiger partial charge in [-0.05, 0) is 37.3 Å². The Morgan fingerprint density at radius 3 is 2.62 bits per heavy atom. The van der Waals surface area contributed by atoms with Gasteiger partial charge in [0.1, 0.15) is 12.3 Å². The Balaban J connectivity index is 2.73. The third kappa shape index (κ3) is 3.86. The third-order valence-corrected chi connectivity index (χ3v) is 3.75. The molecule has 0 atom stereocenters. The van der Waals surface area contributed by atoms with Crippen LogP contribution >= 0.6 is 0 Å². The monoisotopic (exact) mass is 324 g/mol. The number of aryl methyl sites for hydroxylation is 2. The second-order valence-corrected chi connectivity index (χ2v) is 6.21. The number of nitrogens with zero attached hydrogens (tertiary/aromatic N) is 2. The maximum absolute atomic E-state index is 12.8. The highest BCUT2D eigenvalue weighted by molar-refractivity contribution is 5.73. The van der Waals surface area contributed by atoms with Crippen LogP contribution in [0.25, 0.3) is 11.1 Å². The molecule has 0 spiro atoms. The van der Waals surface area contributed by atoms with Crippen molar-refractivity contribution in [3.05, 3.63) is 45.9 Å². The second-order valence-electron chi connectivity index (χ2n) is 6.21. The molecule has 0 radical (unpaired) electrons. The van der Waals surface area contributed by atoms with Crippen molar-refractivity contribution in [2.75, 3.05) is 6.61 Å². The second kappa shape index (κ2) is 7.83. The Labute approximate surface area is 143 Å². The molecule has 0 aliphatic heterocycles.